The van der Waals surface area contributed by atoms with Crippen LogP contribution in [-0.2, 0) is 6.54 Å². The van der Waals surface area contributed by atoms with E-state index in [-0.39, 0.29) is 0 Å². The van der Waals surface area contributed by atoms with E-state index in [9.17, 15) is 0 Å². The van der Waals surface area contributed by atoms with Crippen molar-refractivity contribution >= 4 is 11.8 Å². The van der Waals surface area contributed by atoms with Crippen LogP contribution in [0.4, 0.5) is 0 Å². The number of rotatable bonds is 2. The first kappa shape index (κ1) is 8.56. The van der Waals surface area contributed by atoms with E-state index >= 15 is 0 Å². The average molecular weight is 168 g/mol. The van der Waals surface area contributed by atoms with Crippen LogP contribution in [0.1, 0.15) is 11.3 Å². The van der Waals surface area contributed by atoms with Crippen molar-refractivity contribution in [3.8, 4) is 0 Å². The Hall–Kier alpha value is -0.540. The highest BCUT2D eigenvalue weighted by molar-refractivity contribution is 7.98. The Kier molecular flexibility index (Phi) is 2.91. The summed E-state index contributed by atoms with van der Waals surface area (Å²) in [6.45, 7) is 2.56. The van der Waals surface area contributed by atoms with Crippen molar-refractivity contribution in [1.82, 2.24) is 4.98 Å². The minimum atomic E-state index is 0.524. The lowest BCUT2D eigenvalue weighted by molar-refractivity contribution is 0.937. The summed E-state index contributed by atoms with van der Waals surface area (Å²) >= 11 is 1.69. The molecule has 0 bridgehead atoms. The molecule has 3 heteroatoms. The smallest absolute Gasteiger partial charge is 0.0675 e. The summed E-state index contributed by atoms with van der Waals surface area (Å²) in [6.07, 6.45) is 3.89. The van der Waals surface area contributed by atoms with Gasteiger partial charge in [-0.05, 0) is 24.8 Å². The van der Waals surface area contributed by atoms with Gasteiger partial charge >= 0.3 is 0 Å². The molecule has 0 amide bonds. The summed E-state index contributed by atoms with van der Waals surface area (Å²) in [5.74, 6) is 0. The van der Waals surface area contributed by atoms with E-state index < -0.39 is 0 Å². The zero-order chi connectivity index (χ0) is 8.27. The Morgan fingerprint density at radius 1 is 1.64 bits per heavy atom. The highest BCUT2D eigenvalue weighted by Crippen LogP contribution is 2.18. The number of thioether (sulfide) groups is 1. The third-order valence-electron chi connectivity index (χ3n) is 1.48. The summed E-state index contributed by atoms with van der Waals surface area (Å²) < 4.78 is 0. The number of hydrogen-bond acceptors (Lipinski definition) is 3. The van der Waals surface area contributed by atoms with Gasteiger partial charge in [-0.3, -0.25) is 4.98 Å². The predicted molar refractivity (Wildman–Crippen MR) is 48.6 cm³/mol. The molecule has 2 nitrogen and oxygen atoms in total. The van der Waals surface area contributed by atoms with Gasteiger partial charge in [-0.2, -0.15) is 0 Å². The third-order valence-corrected chi connectivity index (χ3v) is 2.27. The van der Waals surface area contributed by atoms with Gasteiger partial charge in [0.2, 0.25) is 0 Å². The van der Waals surface area contributed by atoms with Gasteiger partial charge in [0.1, 0.15) is 0 Å². The summed E-state index contributed by atoms with van der Waals surface area (Å²) in [7, 11) is 0. The first-order chi connectivity index (χ1) is 5.27. The molecular weight excluding hydrogens is 156 g/mol. The summed E-state index contributed by atoms with van der Waals surface area (Å²) in [6, 6.07) is 2.11. The van der Waals surface area contributed by atoms with Gasteiger partial charge < -0.3 is 5.73 Å². The van der Waals surface area contributed by atoms with Crippen LogP contribution in [0.2, 0.25) is 0 Å². The van der Waals surface area contributed by atoms with Crippen LogP contribution in [0.3, 0.4) is 0 Å². The molecule has 0 radical (unpaired) electrons. The van der Waals surface area contributed by atoms with Gasteiger partial charge in [-0.15, -0.1) is 11.8 Å². The Bertz CT molecular complexity index is 248. The number of aromatic nitrogens is 1. The molecule has 60 valence electrons. The maximum atomic E-state index is 5.50. The Morgan fingerprint density at radius 3 is 2.91 bits per heavy atom. The quantitative estimate of drug-likeness (QED) is 0.681. The topological polar surface area (TPSA) is 38.9 Å². The Balaban J connectivity index is 3.06. The number of pyridine rings is 1. The SMILES string of the molecule is CSc1cc(C)cnc1CN. The normalized spacial score (nSPS) is 10.1. The molecule has 0 saturated heterocycles. The molecule has 0 spiro atoms. The summed E-state index contributed by atoms with van der Waals surface area (Å²) in [4.78, 5) is 5.41. The predicted octanol–water partition coefficient (Wildman–Crippen LogP) is 1.57. The molecule has 0 aliphatic heterocycles. The monoisotopic (exact) mass is 168 g/mol. The first-order valence-corrected chi connectivity index (χ1v) is 4.70. The van der Waals surface area contributed by atoms with E-state index in [0.717, 1.165) is 5.69 Å². The molecule has 2 N–H and O–H groups in total. The molecule has 0 aliphatic rings. The van der Waals surface area contributed by atoms with E-state index in [2.05, 4.69) is 11.1 Å². The standard InChI is InChI=1S/C8H12N2S/c1-6-3-8(11-2)7(4-9)10-5-6/h3,5H,4,9H2,1-2H3. The van der Waals surface area contributed by atoms with Gasteiger partial charge in [-0.1, -0.05) is 0 Å². The van der Waals surface area contributed by atoms with Crippen LogP contribution < -0.4 is 5.73 Å². The Labute approximate surface area is 71.2 Å². The second kappa shape index (κ2) is 3.74. The van der Waals surface area contributed by atoms with E-state index in [0.29, 0.717) is 6.54 Å². The largest absolute Gasteiger partial charge is 0.325 e. The zero-order valence-electron chi connectivity index (χ0n) is 6.79. The van der Waals surface area contributed by atoms with Crippen molar-refractivity contribution < 1.29 is 0 Å². The van der Waals surface area contributed by atoms with Crippen LogP contribution >= 0.6 is 11.8 Å². The lowest BCUT2D eigenvalue weighted by Crippen LogP contribution is -2.01. The number of nitrogens with two attached hydrogens (primary N) is 1. The molecule has 0 unspecified atom stereocenters. The molecule has 11 heavy (non-hydrogen) atoms. The number of aryl methyl sites for hydroxylation is 1. The van der Waals surface area contributed by atoms with Crippen molar-refractivity contribution in [2.75, 3.05) is 6.26 Å². The first-order valence-electron chi connectivity index (χ1n) is 3.47. The maximum Gasteiger partial charge on any atom is 0.0675 e. The van der Waals surface area contributed by atoms with E-state index in [1.54, 1.807) is 11.8 Å². The van der Waals surface area contributed by atoms with Crippen LogP contribution in [0, 0.1) is 6.92 Å². The van der Waals surface area contributed by atoms with Crippen molar-refractivity contribution in [2.45, 2.75) is 18.4 Å². The molecule has 0 aliphatic carbocycles. The highest BCUT2D eigenvalue weighted by atomic mass is 32.2. The van der Waals surface area contributed by atoms with Gasteiger partial charge in [0.15, 0.2) is 0 Å². The summed E-state index contributed by atoms with van der Waals surface area (Å²) in [5, 5.41) is 0. The average Bonchev–Trinajstić information content (AvgIpc) is 2.04. The van der Waals surface area contributed by atoms with Gasteiger partial charge in [0, 0.05) is 17.6 Å². The zero-order valence-corrected chi connectivity index (χ0v) is 7.61. The lowest BCUT2D eigenvalue weighted by Gasteiger charge is -2.03. The van der Waals surface area contributed by atoms with E-state index in [4.69, 9.17) is 5.73 Å². The molecule has 0 aromatic carbocycles. The van der Waals surface area contributed by atoms with Crippen LogP contribution in [0.5, 0.6) is 0 Å². The van der Waals surface area contributed by atoms with E-state index in [1.807, 2.05) is 19.4 Å². The minimum Gasteiger partial charge on any atom is -0.325 e. The van der Waals surface area contributed by atoms with Crippen molar-refractivity contribution in [2.24, 2.45) is 5.73 Å². The fourth-order valence-corrected chi connectivity index (χ4v) is 1.58. The van der Waals surface area contributed by atoms with Crippen molar-refractivity contribution in [3.63, 3.8) is 0 Å². The number of hydrogen-bond donors (Lipinski definition) is 1. The Morgan fingerprint density at radius 2 is 2.36 bits per heavy atom. The molecule has 0 fully saturated rings. The fraction of sp³-hybridized carbons (Fsp3) is 0.375. The maximum absolute atomic E-state index is 5.50. The van der Waals surface area contributed by atoms with Crippen molar-refractivity contribution in [1.29, 1.82) is 0 Å². The number of nitrogens with zero attached hydrogens (tertiary/aromatic N) is 1. The molecular formula is C8H12N2S. The van der Waals surface area contributed by atoms with Gasteiger partial charge in [0.25, 0.3) is 0 Å². The van der Waals surface area contributed by atoms with Gasteiger partial charge in [-0.25, -0.2) is 0 Å². The molecule has 1 aromatic heterocycles. The van der Waals surface area contributed by atoms with Crippen LogP contribution in [0.25, 0.3) is 0 Å². The molecule has 1 rings (SSSR count). The summed E-state index contributed by atoms with van der Waals surface area (Å²) in [5.41, 5.74) is 7.68. The molecule has 0 atom stereocenters. The second-order valence-electron chi connectivity index (χ2n) is 2.37. The molecule has 1 aromatic rings. The minimum absolute atomic E-state index is 0.524. The molecule has 0 saturated carbocycles. The lowest BCUT2D eigenvalue weighted by atomic mass is 10.3. The fourth-order valence-electron chi connectivity index (χ4n) is 0.901. The second-order valence-corrected chi connectivity index (χ2v) is 3.21. The highest BCUT2D eigenvalue weighted by Gasteiger charge is 1.99. The van der Waals surface area contributed by atoms with Crippen molar-refractivity contribution in [3.05, 3.63) is 23.5 Å². The molecule has 1 heterocycles. The van der Waals surface area contributed by atoms with E-state index in [1.165, 1.54) is 10.5 Å². The van der Waals surface area contributed by atoms with Gasteiger partial charge in [0.05, 0.1) is 5.69 Å². The van der Waals surface area contributed by atoms with Crippen LogP contribution in [0.15, 0.2) is 17.2 Å². The third kappa shape index (κ3) is 1.94. The van der Waals surface area contributed by atoms with Crippen LogP contribution in [-0.4, -0.2) is 11.2 Å².